The smallest absolute Gasteiger partial charge is 0.397 e. The highest BCUT2D eigenvalue weighted by atomic mass is 79.9. The largest absolute Gasteiger partial charge is 0.429 e. The van der Waals surface area contributed by atoms with E-state index in [9.17, 15) is 0 Å². The monoisotopic (exact) mass is 478 g/mol. The molecule has 0 N–H and O–H groups in total. The molecule has 1 atom stereocenters. The van der Waals surface area contributed by atoms with Crippen LogP contribution in [0.15, 0.2) is 60.7 Å². The van der Waals surface area contributed by atoms with E-state index in [-0.39, 0.29) is 6.10 Å². The third-order valence-corrected chi connectivity index (χ3v) is 15.9. The predicted molar refractivity (Wildman–Crippen MR) is 130 cm³/mol. The van der Waals surface area contributed by atoms with E-state index in [4.69, 9.17) is 8.54 Å². The summed E-state index contributed by atoms with van der Waals surface area (Å²) in [5.41, 5.74) is 0. The van der Waals surface area contributed by atoms with E-state index in [0.717, 1.165) is 36.3 Å². The Hall–Kier alpha value is -0.726. The third-order valence-electron chi connectivity index (χ3n) is 5.71. The van der Waals surface area contributed by atoms with E-state index in [0.29, 0.717) is 0 Å². The Bertz CT molecular complexity index is 630. The van der Waals surface area contributed by atoms with Crippen molar-refractivity contribution in [1.29, 1.82) is 0 Å². The van der Waals surface area contributed by atoms with Gasteiger partial charge in [-0.3, -0.25) is 0 Å². The molecule has 0 spiro atoms. The Kier molecular flexibility index (Phi) is 9.64. The van der Waals surface area contributed by atoms with Crippen LogP contribution in [0, 0.1) is 0 Å². The van der Waals surface area contributed by atoms with Crippen LogP contribution in [0.25, 0.3) is 0 Å². The molecule has 0 aliphatic carbocycles. The molecule has 0 aliphatic heterocycles. The summed E-state index contributed by atoms with van der Waals surface area (Å²) in [6.45, 7) is 9.08. The third kappa shape index (κ3) is 5.66. The van der Waals surface area contributed by atoms with Crippen LogP contribution < -0.4 is 10.4 Å². The van der Waals surface area contributed by atoms with E-state index in [1.54, 1.807) is 0 Å². The second kappa shape index (κ2) is 11.5. The van der Waals surface area contributed by atoms with E-state index in [1.165, 1.54) is 10.4 Å². The average Bonchev–Trinajstić information content (AvgIpc) is 2.76. The van der Waals surface area contributed by atoms with Crippen molar-refractivity contribution in [1.82, 2.24) is 0 Å². The predicted octanol–water partition coefficient (Wildman–Crippen LogP) is 5.85. The van der Waals surface area contributed by atoms with Crippen LogP contribution >= 0.6 is 15.9 Å². The molecule has 5 heteroatoms. The summed E-state index contributed by atoms with van der Waals surface area (Å²) < 4.78 is 14.3. The first-order valence-corrected chi connectivity index (χ1v) is 16.1. The van der Waals surface area contributed by atoms with Gasteiger partial charge in [0.1, 0.15) is 0 Å². The lowest BCUT2D eigenvalue weighted by atomic mass is 10.2. The van der Waals surface area contributed by atoms with Gasteiger partial charge < -0.3 is 8.54 Å². The van der Waals surface area contributed by atoms with Crippen LogP contribution in [-0.2, 0) is 8.54 Å². The van der Waals surface area contributed by atoms with E-state index >= 15 is 0 Å². The Morgan fingerprint density at radius 3 is 1.68 bits per heavy atom. The van der Waals surface area contributed by atoms with Gasteiger partial charge in [0.05, 0.1) is 0 Å². The van der Waals surface area contributed by atoms with Gasteiger partial charge in [-0.05, 0) is 48.3 Å². The fraction of sp³-hybridized carbons (Fsp3) is 0.478. The number of benzene rings is 2. The molecule has 0 saturated carbocycles. The molecule has 0 heterocycles. The topological polar surface area (TPSA) is 18.5 Å². The number of rotatable bonds is 12. The molecular weight excluding hydrogens is 444 g/mol. The van der Waals surface area contributed by atoms with Crippen molar-refractivity contribution in [2.45, 2.75) is 64.8 Å². The number of halogens is 1. The fourth-order valence-corrected chi connectivity index (χ4v) is 13.4. The first-order chi connectivity index (χ1) is 13.6. The SMILES string of the molecule is CC[Si](CC)(CC)O[Si](OC(C)CCCBr)(c1ccccc1)c1ccccc1. The highest BCUT2D eigenvalue weighted by Crippen LogP contribution is 2.28. The fourth-order valence-electron chi connectivity index (χ4n) is 3.74. The van der Waals surface area contributed by atoms with Crippen LogP contribution in [0.1, 0.15) is 40.5 Å². The summed E-state index contributed by atoms with van der Waals surface area (Å²) in [4.78, 5) is 0. The number of hydrogen-bond donors (Lipinski definition) is 0. The Morgan fingerprint density at radius 1 is 0.821 bits per heavy atom. The first kappa shape index (κ1) is 23.6. The standard InChI is InChI=1S/C23H35BrO2Si2/c1-5-27(6-2,7-3)26-28(22-16-10-8-11-17-22,23-18-12-9-13-19-23)25-21(4)15-14-20-24/h8-13,16-19,21H,5-7,14-15,20H2,1-4H3. The molecule has 0 fully saturated rings. The molecule has 2 aromatic rings. The van der Waals surface area contributed by atoms with Crippen LogP contribution in [-0.4, -0.2) is 28.3 Å². The van der Waals surface area contributed by atoms with Crippen molar-refractivity contribution >= 4 is 43.2 Å². The van der Waals surface area contributed by atoms with Crippen LogP contribution in [0.3, 0.4) is 0 Å². The lowest BCUT2D eigenvalue weighted by Gasteiger charge is -2.42. The highest BCUT2D eigenvalue weighted by molar-refractivity contribution is 9.09. The Morgan fingerprint density at radius 2 is 1.29 bits per heavy atom. The summed E-state index contributed by atoms with van der Waals surface area (Å²) in [6.07, 6.45) is 2.29. The van der Waals surface area contributed by atoms with Gasteiger partial charge in [-0.15, -0.1) is 0 Å². The molecular formula is C23H35BrO2Si2. The van der Waals surface area contributed by atoms with Crippen molar-refractivity contribution in [3.63, 3.8) is 0 Å². The minimum absolute atomic E-state index is 0.155. The summed E-state index contributed by atoms with van der Waals surface area (Å²) >= 11 is 3.56. The molecule has 28 heavy (non-hydrogen) atoms. The quantitative estimate of drug-likeness (QED) is 0.281. The van der Waals surface area contributed by atoms with E-state index < -0.39 is 16.9 Å². The number of hydrogen-bond acceptors (Lipinski definition) is 2. The molecule has 0 bridgehead atoms. The maximum absolute atomic E-state index is 7.34. The van der Waals surface area contributed by atoms with Crippen LogP contribution in [0.2, 0.25) is 18.1 Å². The highest BCUT2D eigenvalue weighted by Gasteiger charge is 2.49. The molecule has 0 saturated heterocycles. The summed E-state index contributed by atoms with van der Waals surface area (Å²) in [5, 5.41) is 3.45. The van der Waals surface area contributed by atoms with Crippen molar-refractivity contribution in [3.05, 3.63) is 60.7 Å². The van der Waals surface area contributed by atoms with Gasteiger partial charge in [0, 0.05) is 11.4 Å². The zero-order valence-corrected chi connectivity index (χ0v) is 21.4. The summed E-state index contributed by atoms with van der Waals surface area (Å²) in [5.74, 6) is 0. The minimum atomic E-state index is -2.81. The van der Waals surface area contributed by atoms with Crippen molar-refractivity contribution in [3.8, 4) is 0 Å². The van der Waals surface area contributed by atoms with Gasteiger partial charge in [-0.25, -0.2) is 0 Å². The van der Waals surface area contributed by atoms with Crippen LogP contribution in [0.4, 0.5) is 0 Å². The summed E-state index contributed by atoms with van der Waals surface area (Å²) in [6, 6.07) is 24.8. The summed E-state index contributed by atoms with van der Waals surface area (Å²) in [7, 11) is -4.70. The van der Waals surface area contributed by atoms with Gasteiger partial charge in [-0.2, -0.15) is 0 Å². The van der Waals surface area contributed by atoms with Gasteiger partial charge in [0.2, 0.25) is 0 Å². The molecule has 2 aromatic carbocycles. The first-order valence-electron chi connectivity index (χ1n) is 10.6. The van der Waals surface area contributed by atoms with Gasteiger partial charge in [0.15, 0.2) is 8.32 Å². The van der Waals surface area contributed by atoms with E-state index in [1.807, 2.05) is 0 Å². The van der Waals surface area contributed by atoms with Crippen molar-refractivity contribution in [2.75, 3.05) is 5.33 Å². The Labute approximate surface area is 182 Å². The zero-order chi connectivity index (χ0) is 20.5. The molecule has 2 rings (SSSR count). The molecule has 0 aromatic heterocycles. The molecule has 0 amide bonds. The Balaban J connectivity index is 2.61. The molecule has 154 valence electrons. The molecule has 2 nitrogen and oxygen atoms in total. The lowest BCUT2D eigenvalue weighted by molar-refractivity contribution is 0.170. The number of alkyl halides is 1. The lowest BCUT2D eigenvalue weighted by Crippen LogP contribution is -2.68. The maximum Gasteiger partial charge on any atom is 0.397 e. The second-order valence-electron chi connectivity index (χ2n) is 7.45. The average molecular weight is 480 g/mol. The molecule has 0 aliphatic rings. The van der Waals surface area contributed by atoms with Crippen molar-refractivity contribution in [2.24, 2.45) is 0 Å². The van der Waals surface area contributed by atoms with Gasteiger partial charge in [0.25, 0.3) is 0 Å². The van der Waals surface area contributed by atoms with E-state index in [2.05, 4.69) is 104 Å². The van der Waals surface area contributed by atoms with Crippen LogP contribution in [0.5, 0.6) is 0 Å². The molecule has 1 unspecified atom stereocenters. The van der Waals surface area contributed by atoms with Gasteiger partial charge >= 0.3 is 8.56 Å². The second-order valence-corrected chi connectivity index (χ2v) is 16.2. The van der Waals surface area contributed by atoms with Crippen molar-refractivity contribution < 1.29 is 8.54 Å². The maximum atomic E-state index is 7.34. The zero-order valence-electron chi connectivity index (χ0n) is 17.8. The minimum Gasteiger partial charge on any atom is -0.429 e. The van der Waals surface area contributed by atoms with Gasteiger partial charge in [-0.1, -0.05) is 97.4 Å². The molecule has 0 radical (unpaired) electrons. The normalized spacial score (nSPS) is 13.5.